The molecule has 0 spiro atoms. The minimum Gasteiger partial charge on any atom is -0.375 e. The molecule has 0 aromatic carbocycles. The Balaban J connectivity index is 2.64. The summed E-state index contributed by atoms with van der Waals surface area (Å²) in [4.78, 5) is 22.4. The van der Waals surface area contributed by atoms with Gasteiger partial charge in [-0.2, -0.15) is 0 Å². The molecule has 0 aromatic rings. The summed E-state index contributed by atoms with van der Waals surface area (Å²) in [6.07, 6.45) is 31.5. The minimum absolute atomic E-state index is 0.238. The number of carbonyl (C=O) groups is 2. The predicted molar refractivity (Wildman–Crippen MR) is 163 cm³/mol. The van der Waals surface area contributed by atoms with Gasteiger partial charge in [0.25, 0.3) is 0 Å². The van der Waals surface area contributed by atoms with E-state index in [-0.39, 0.29) is 11.7 Å². The maximum atomic E-state index is 11.7. The lowest BCUT2D eigenvalue weighted by molar-refractivity contribution is -0.138. The second-order valence-electron chi connectivity index (χ2n) is 11.0. The van der Waals surface area contributed by atoms with E-state index in [1.165, 1.54) is 49.0 Å². The first-order valence-corrected chi connectivity index (χ1v) is 13.3. The van der Waals surface area contributed by atoms with E-state index in [4.69, 9.17) is 0 Å². The molecule has 0 fully saturated rings. The highest BCUT2D eigenvalue weighted by atomic mass is 16.3. The third-order valence-electron chi connectivity index (χ3n) is 6.55. The lowest BCUT2D eigenvalue weighted by Gasteiger charge is -2.32. The number of aldehydes is 1. The average molecular weight is 515 g/mol. The first-order chi connectivity index (χ1) is 17.8. The Kier molecular flexibility index (Phi) is 13.6. The molecule has 3 nitrogen and oxygen atoms in total. The Hall–Kier alpha value is -3.30. The van der Waals surface area contributed by atoms with Crippen LogP contribution in [0.2, 0.25) is 0 Å². The molecule has 38 heavy (non-hydrogen) atoms. The molecule has 0 radical (unpaired) electrons. The van der Waals surface area contributed by atoms with E-state index in [9.17, 15) is 14.7 Å². The van der Waals surface area contributed by atoms with Crippen LogP contribution in [0.5, 0.6) is 0 Å². The van der Waals surface area contributed by atoms with E-state index in [0.29, 0.717) is 0 Å². The third-order valence-corrected chi connectivity index (χ3v) is 6.55. The molecule has 1 atom stereocenters. The van der Waals surface area contributed by atoms with Gasteiger partial charge in [-0.25, -0.2) is 0 Å². The molecule has 0 bridgehead atoms. The predicted octanol–water partition coefficient (Wildman–Crippen LogP) is 8.60. The Morgan fingerprint density at radius 1 is 0.789 bits per heavy atom. The van der Waals surface area contributed by atoms with Crippen molar-refractivity contribution in [1.29, 1.82) is 0 Å². The van der Waals surface area contributed by atoms with Gasteiger partial charge in [-0.05, 0) is 77.9 Å². The summed E-state index contributed by atoms with van der Waals surface area (Å²) >= 11 is 0. The number of carbonyl (C=O) groups excluding carboxylic acids is 2. The van der Waals surface area contributed by atoms with Crippen molar-refractivity contribution in [3.63, 3.8) is 0 Å². The first kappa shape index (κ1) is 32.7. The van der Waals surface area contributed by atoms with Crippen molar-refractivity contribution in [2.24, 2.45) is 5.41 Å². The van der Waals surface area contributed by atoms with Crippen LogP contribution in [0, 0.1) is 5.41 Å². The Labute approximate surface area is 230 Å². The molecule has 0 saturated heterocycles. The van der Waals surface area contributed by atoms with Crippen molar-refractivity contribution in [2.75, 3.05) is 0 Å². The van der Waals surface area contributed by atoms with Crippen LogP contribution in [0.1, 0.15) is 74.7 Å². The van der Waals surface area contributed by atoms with E-state index < -0.39 is 11.4 Å². The van der Waals surface area contributed by atoms with Crippen LogP contribution >= 0.6 is 0 Å². The van der Waals surface area contributed by atoms with Crippen molar-refractivity contribution >= 4 is 12.1 Å². The van der Waals surface area contributed by atoms with Crippen LogP contribution in [0.15, 0.2) is 119 Å². The largest absolute Gasteiger partial charge is 0.375 e. The quantitative estimate of drug-likeness (QED) is 0.123. The lowest BCUT2D eigenvalue weighted by atomic mass is 9.72. The fraction of sp³-hybridized carbons (Fsp3) is 0.371. The van der Waals surface area contributed by atoms with Crippen molar-refractivity contribution in [3.8, 4) is 0 Å². The summed E-state index contributed by atoms with van der Waals surface area (Å²) in [5, 5.41) is 9.61. The van der Waals surface area contributed by atoms with E-state index in [1.807, 2.05) is 50.3 Å². The number of allylic oxidation sites excluding steroid dienone is 19. The van der Waals surface area contributed by atoms with Crippen LogP contribution in [-0.2, 0) is 9.59 Å². The first-order valence-electron chi connectivity index (χ1n) is 13.3. The Bertz CT molecular complexity index is 1150. The summed E-state index contributed by atoms with van der Waals surface area (Å²) < 4.78 is 0. The normalized spacial score (nSPS) is 20.0. The molecular weight excluding hydrogens is 468 g/mol. The van der Waals surface area contributed by atoms with Gasteiger partial charge >= 0.3 is 0 Å². The zero-order valence-electron chi connectivity index (χ0n) is 24.5. The fourth-order valence-electron chi connectivity index (χ4n) is 4.00. The topological polar surface area (TPSA) is 54.4 Å². The number of aliphatic hydroxyl groups is 1. The van der Waals surface area contributed by atoms with Gasteiger partial charge in [0.05, 0.1) is 0 Å². The molecule has 1 unspecified atom stereocenters. The Morgan fingerprint density at radius 2 is 1.26 bits per heavy atom. The molecule has 3 heteroatoms. The van der Waals surface area contributed by atoms with Crippen LogP contribution < -0.4 is 0 Å². The molecule has 1 rings (SSSR count). The zero-order chi connectivity index (χ0) is 28.8. The molecule has 204 valence electrons. The van der Waals surface area contributed by atoms with Crippen molar-refractivity contribution in [1.82, 2.24) is 0 Å². The highest BCUT2D eigenvalue weighted by Crippen LogP contribution is 2.40. The highest BCUT2D eigenvalue weighted by molar-refractivity contribution is 6.07. The van der Waals surface area contributed by atoms with Crippen molar-refractivity contribution in [2.45, 2.75) is 80.3 Å². The molecular formula is C35H46O3. The highest BCUT2D eigenvalue weighted by Gasteiger charge is 2.27. The van der Waals surface area contributed by atoms with E-state index in [1.54, 1.807) is 6.08 Å². The van der Waals surface area contributed by atoms with Gasteiger partial charge in [0, 0.05) is 0 Å². The standard InChI is InChI=1S/C35H46O3/c1-27(16-11-18-29(3)21-23-32-31(5)20-13-25-34(32,6)7)14-9-10-15-28(2)17-12-19-30(4)22-24-33(37)35(8,38)26-36/h9-12,14-19,21-24,26,38H,13,20,25H2,1-8H3/b10-9+,16-11+,17-12+,23-21+,24-22+,27-14+,28-15+,29-18+,30-19+. The summed E-state index contributed by atoms with van der Waals surface area (Å²) in [5.74, 6) is -0.640. The number of ketones is 1. The molecule has 0 amide bonds. The van der Waals surface area contributed by atoms with E-state index in [2.05, 4.69) is 71.1 Å². The summed E-state index contributed by atoms with van der Waals surface area (Å²) in [5.41, 5.74) is 5.60. The van der Waals surface area contributed by atoms with Crippen LogP contribution in [0.3, 0.4) is 0 Å². The smallest absolute Gasteiger partial charge is 0.194 e. The molecule has 0 heterocycles. The average Bonchev–Trinajstić information content (AvgIpc) is 2.84. The van der Waals surface area contributed by atoms with Gasteiger partial charge in [-0.15, -0.1) is 0 Å². The maximum absolute atomic E-state index is 11.7. The van der Waals surface area contributed by atoms with Crippen LogP contribution in [0.4, 0.5) is 0 Å². The summed E-state index contributed by atoms with van der Waals surface area (Å²) in [7, 11) is 0. The van der Waals surface area contributed by atoms with E-state index in [0.717, 1.165) is 16.7 Å². The lowest BCUT2D eigenvalue weighted by Crippen LogP contribution is -2.35. The van der Waals surface area contributed by atoms with Gasteiger partial charge in [-0.3, -0.25) is 9.59 Å². The van der Waals surface area contributed by atoms with Crippen LogP contribution in [-0.4, -0.2) is 22.8 Å². The van der Waals surface area contributed by atoms with Gasteiger partial charge in [-0.1, -0.05) is 121 Å². The van der Waals surface area contributed by atoms with Gasteiger partial charge in [0.2, 0.25) is 0 Å². The molecule has 1 N–H and O–H groups in total. The molecule has 1 aliphatic carbocycles. The second-order valence-corrected chi connectivity index (χ2v) is 11.0. The van der Waals surface area contributed by atoms with Gasteiger partial charge in [0.15, 0.2) is 17.7 Å². The number of hydrogen-bond acceptors (Lipinski definition) is 3. The number of hydrogen-bond donors (Lipinski definition) is 1. The molecule has 0 aliphatic heterocycles. The fourth-order valence-corrected chi connectivity index (χ4v) is 4.00. The maximum Gasteiger partial charge on any atom is 0.194 e. The van der Waals surface area contributed by atoms with Gasteiger partial charge < -0.3 is 5.11 Å². The monoisotopic (exact) mass is 514 g/mol. The molecule has 0 aromatic heterocycles. The minimum atomic E-state index is -1.98. The zero-order valence-corrected chi connectivity index (χ0v) is 24.5. The number of rotatable bonds is 12. The second kappa shape index (κ2) is 15.8. The Morgan fingerprint density at radius 3 is 1.76 bits per heavy atom. The third kappa shape index (κ3) is 12.3. The summed E-state index contributed by atoms with van der Waals surface area (Å²) in [6, 6.07) is 0. The molecule has 0 saturated carbocycles. The van der Waals surface area contributed by atoms with E-state index >= 15 is 0 Å². The van der Waals surface area contributed by atoms with Gasteiger partial charge in [0.1, 0.15) is 0 Å². The molecule has 1 aliphatic rings. The van der Waals surface area contributed by atoms with Crippen LogP contribution in [0.25, 0.3) is 0 Å². The SMILES string of the molecule is CC1=C(/C=C/C(C)=C/C=C/C(C)=C/C=C/C=C(C)/C=C/C=C(C)/C=C/C(=O)C(C)(O)C=O)C(C)(C)CCC1. The van der Waals surface area contributed by atoms with Crippen molar-refractivity contribution in [3.05, 3.63) is 119 Å². The van der Waals surface area contributed by atoms with Crippen molar-refractivity contribution < 1.29 is 14.7 Å². The summed E-state index contributed by atoms with van der Waals surface area (Å²) in [6.45, 7) is 16.2.